The molecule has 130 valence electrons. The zero-order valence-electron chi connectivity index (χ0n) is 13.2. The van der Waals surface area contributed by atoms with Crippen LogP contribution in [0.4, 0.5) is 11.4 Å². The Kier molecular flexibility index (Phi) is 6.07. The van der Waals surface area contributed by atoms with Gasteiger partial charge in [-0.05, 0) is 24.6 Å². The smallest absolute Gasteiger partial charge is 0.316 e. The van der Waals surface area contributed by atoms with Gasteiger partial charge in [0.1, 0.15) is 6.10 Å². The molecule has 0 aliphatic rings. The number of esters is 1. The first-order chi connectivity index (χ1) is 11.9. The molecule has 0 aromatic heterocycles. The van der Waals surface area contributed by atoms with Crippen molar-refractivity contribution in [1.82, 2.24) is 0 Å². The monoisotopic (exact) mass is 362 g/mol. The first kappa shape index (κ1) is 18.4. The fourth-order valence-corrected chi connectivity index (χ4v) is 2.68. The second-order valence-electron chi connectivity index (χ2n) is 5.02. The number of benzene rings is 2. The van der Waals surface area contributed by atoms with Crippen LogP contribution in [0.25, 0.3) is 0 Å². The Balaban J connectivity index is 1.90. The maximum atomic E-state index is 11.9. The molecule has 0 heterocycles. The van der Waals surface area contributed by atoms with Crippen LogP contribution in [0.3, 0.4) is 0 Å². The van der Waals surface area contributed by atoms with Gasteiger partial charge < -0.3 is 4.74 Å². The summed E-state index contributed by atoms with van der Waals surface area (Å²) >= 11 is 1.19. The van der Waals surface area contributed by atoms with Crippen molar-refractivity contribution in [2.75, 3.05) is 5.75 Å². The van der Waals surface area contributed by atoms with E-state index in [2.05, 4.69) is 0 Å². The van der Waals surface area contributed by atoms with Gasteiger partial charge in [-0.1, -0.05) is 12.1 Å². The summed E-state index contributed by atoms with van der Waals surface area (Å²) in [6.45, 7) is 1.63. The molecule has 0 saturated carbocycles. The van der Waals surface area contributed by atoms with Gasteiger partial charge in [0.2, 0.25) is 0 Å². The molecule has 0 unspecified atom stereocenters. The third-order valence-corrected chi connectivity index (χ3v) is 4.25. The number of nitrogens with zero attached hydrogens (tertiary/aromatic N) is 2. The summed E-state index contributed by atoms with van der Waals surface area (Å²) in [5.41, 5.74) is 0.440. The van der Waals surface area contributed by atoms with Gasteiger partial charge in [-0.25, -0.2) is 0 Å². The van der Waals surface area contributed by atoms with Crippen LogP contribution in [0.1, 0.15) is 18.6 Å². The molecule has 0 aliphatic carbocycles. The van der Waals surface area contributed by atoms with Crippen LogP contribution in [0.15, 0.2) is 53.4 Å². The summed E-state index contributed by atoms with van der Waals surface area (Å²) in [7, 11) is 0. The van der Waals surface area contributed by atoms with Gasteiger partial charge in [-0.3, -0.25) is 25.0 Å². The van der Waals surface area contributed by atoms with E-state index in [1.807, 2.05) is 0 Å². The fourth-order valence-electron chi connectivity index (χ4n) is 2.00. The van der Waals surface area contributed by atoms with Crippen LogP contribution in [-0.2, 0) is 9.53 Å². The predicted molar refractivity (Wildman–Crippen MR) is 91.4 cm³/mol. The van der Waals surface area contributed by atoms with Crippen molar-refractivity contribution in [3.8, 4) is 0 Å². The minimum absolute atomic E-state index is 0.0220. The van der Waals surface area contributed by atoms with E-state index in [1.54, 1.807) is 25.1 Å². The molecular formula is C16H14N2O6S. The van der Waals surface area contributed by atoms with Crippen molar-refractivity contribution in [1.29, 1.82) is 0 Å². The lowest BCUT2D eigenvalue weighted by Gasteiger charge is -2.13. The molecule has 0 N–H and O–H groups in total. The minimum atomic E-state index is -0.620. The Morgan fingerprint density at radius 3 is 2.32 bits per heavy atom. The number of nitro benzene ring substituents is 2. The maximum Gasteiger partial charge on any atom is 0.316 e. The Hall–Kier alpha value is -2.94. The van der Waals surface area contributed by atoms with E-state index in [9.17, 15) is 25.0 Å². The lowest BCUT2D eigenvalue weighted by molar-refractivity contribution is -0.385. The van der Waals surface area contributed by atoms with Gasteiger partial charge in [0.25, 0.3) is 11.4 Å². The zero-order valence-corrected chi connectivity index (χ0v) is 14.0. The SMILES string of the molecule is C[C@@H](OC(=O)CSc1ccc([N+](=O)[O-])cc1)c1cccc([N+](=O)[O-])c1. The highest BCUT2D eigenvalue weighted by Crippen LogP contribution is 2.24. The second-order valence-corrected chi connectivity index (χ2v) is 6.07. The Bertz CT molecular complexity index is 793. The van der Waals surface area contributed by atoms with E-state index in [1.165, 1.54) is 42.1 Å². The van der Waals surface area contributed by atoms with Crippen molar-refractivity contribution in [3.05, 3.63) is 74.3 Å². The number of ether oxygens (including phenoxy) is 1. The molecule has 0 spiro atoms. The molecule has 0 aliphatic heterocycles. The number of rotatable bonds is 7. The molecule has 9 heteroatoms. The predicted octanol–water partition coefficient (Wildman–Crippen LogP) is 3.90. The number of nitro groups is 2. The highest BCUT2D eigenvalue weighted by Gasteiger charge is 2.15. The van der Waals surface area contributed by atoms with Crippen LogP contribution in [-0.4, -0.2) is 21.6 Å². The number of hydrogen-bond donors (Lipinski definition) is 0. The molecule has 0 bridgehead atoms. The van der Waals surface area contributed by atoms with Crippen LogP contribution in [0.2, 0.25) is 0 Å². The highest BCUT2D eigenvalue weighted by atomic mass is 32.2. The summed E-state index contributed by atoms with van der Waals surface area (Å²) in [4.78, 5) is 33.0. The standard InChI is InChI=1S/C16H14N2O6S/c1-11(12-3-2-4-14(9-12)18(22)23)24-16(19)10-25-15-7-5-13(6-8-15)17(20)21/h2-9,11H,10H2,1H3/t11-/m1/s1. The van der Waals surface area contributed by atoms with Crippen LogP contribution >= 0.6 is 11.8 Å². The molecule has 25 heavy (non-hydrogen) atoms. The Morgan fingerprint density at radius 1 is 1.08 bits per heavy atom. The first-order valence-electron chi connectivity index (χ1n) is 7.18. The number of hydrogen-bond acceptors (Lipinski definition) is 7. The highest BCUT2D eigenvalue weighted by molar-refractivity contribution is 8.00. The number of thioether (sulfide) groups is 1. The van der Waals surface area contributed by atoms with Crippen LogP contribution in [0, 0.1) is 20.2 Å². The summed E-state index contributed by atoms with van der Waals surface area (Å²) in [6, 6.07) is 11.7. The molecule has 2 rings (SSSR count). The zero-order chi connectivity index (χ0) is 18.4. The van der Waals surface area contributed by atoms with Crippen molar-refractivity contribution >= 4 is 29.1 Å². The van der Waals surface area contributed by atoms with E-state index in [0.29, 0.717) is 10.5 Å². The Labute approximate surface area is 147 Å². The molecule has 0 amide bonds. The summed E-state index contributed by atoms with van der Waals surface area (Å²) < 4.78 is 5.26. The van der Waals surface area contributed by atoms with E-state index in [4.69, 9.17) is 4.74 Å². The van der Waals surface area contributed by atoms with Crippen molar-refractivity contribution in [3.63, 3.8) is 0 Å². The molecule has 1 atom stereocenters. The van der Waals surface area contributed by atoms with E-state index >= 15 is 0 Å². The second kappa shape index (κ2) is 8.25. The number of carbonyl (C=O) groups excluding carboxylic acids is 1. The lowest BCUT2D eigenvalue weighted by Crippen LogP contribution is -2.11. The van der Waals surface area contributed by atoms with Crippen molar-refractivity contribution in [2.45, 2.75) is 17.9 Å². The van der Waals surface area contributed by atoms with Crippen molar-refractivity contribution < 1.29 is 19.4 Å². The van der Waals surface area contributed by atoms with Gasteiger partial charge in [0, 0.05) is 29.2 Å². The summed E-state index contributed by atoms with van der Waals surface area (Å²) in [5, 5.41) is 21.4. The third kappa shape index (κ3) is 5.28. The van der Waals surface area contributed by atoms with Crippen LogP contribution < -0.4 is 0 Å². The lowest BCUT2D eigenvalue weighted by atomic mass is 10.1. The van der Waals surface area contributed by atoms with Gasteiger partial charge in [-0.2, -0.15) is 0 Å². The van der Waals surface area contributed by atoms with E-state index in [0.717, 1.165) is 0 Å². The average Bonchev–Trinajstić information content (AvgIpc) is 2.60. The normalized spacial score (nSPS) is 11.6. The number of non-ortho nitro benzene ring substituents is 2. The molecular weight excluding hydrogens is 348 g/mol. The van der Waals surface area contributed by atoms with Crippen molar-refractivity contribution in [2.24, 2.45) is 0 Å². The van der Waals surface area contributed by atoms with Gasteiger partial charge in [-0.15, -0.1) is 11.8 Å². The fraction of sp³-hybridized carbons (Fsp3) is 0.188. The van der Waals surface area contributed by atoms with Gasteiger partial charge in [0.05, 0.1) is 15.6 Å². The largest absolute Gasteiger partial charge is 0.457 e. The molecule has 0 saturated heterocycles. The first-order valence-corrected chi connectivity index (χ1v) is 8.16. The van der Waals surface area contributed by atoms with Gasteiger partial charge >= 0.3 is 5.97 Å². The molecule has 2 aromatic rings. The molecule has 8 nitrogen and oxygen atoms in total. The van der Waals surface area contributed by atoms with Gasteiger partial charge in [0.15, 0.2) is 0 Å². The van der Waals surface area contributed by atoms with E-state index < -0.39 is 21.9 Å². The third-order valence-electron chi connectivity index (χ3n) is 3.26. The molecule has 0 radical (unpaired) electrons. The van der Waals surface area contributed by atoms with Crippen LogP contribution in [0.5, 0.6) is 0 Å². The molecule has 0 fully saturated rings. The summed E-state index contributed by atoms with van der Waals surface area (Å²) in [5.74, 6) is -0.459. The number of carbonyl (C=O) groups is 1. The average molecular weight is 362 g/mol. The van der Waals surface area contributed by atoms with E-state index in [-0.39, 0.29) is 17.1 Å². The quantitative estimate of drug-likeness (QED) is 0.318. The maximum absolute atomic E-state index is 11.9. The molecule has 2 aromatic carbocycles. The Morgan fingerprint density at radius 2 is 1.72 bits per heavy atom. The topological polar surface area (TPSA) is 113 Å². The minimum Gasteiger partial charge on any atom is -0.457 e. The summed E-state index contributed by atoms with van der Waals surface area (Å²) in [6.07, 6.45) is -0.620.